The Morgan fingerprint density at radius 1 is 1.10 bits per heavy atom. The Hall–Kier alpha value is -2.89. The fraction of sp³-hybridized carbons (Fsp3) is 0.0714. The van der Waals surface area contributed by atoms with E-state index in [9.17, 15) is 0 Å². The zero-order chi connectivity index (χ0) is 13.8. The number of H-pyrrole nitrogens is 1. The molecule has 2 heterocycles. The number of nitrogens with two attached hydrogens (primary N) is 1. The summed E-state index contributed by atoms with van der Waals surface area (Å²) in [6, 6.07) is 12.9. The molecule has 3 N–H and O–H groups in total. The van der Waals surface area contributed by atoms with E-state index in [0.29, 0.717) is 28.8 Å². The van der Waals surface area contributed by atoms with E-state index in [4.69, 9.17) is 10.5 Å². The number of para-hydroxylation sites is 2. The zero-order valence-corrected chi connectivity index (χ0v) is 10.7. The van der Waals surface area contributed by atoms with Gasteiger partial charge in [0.15, 0.2) is 11.6 Å². The van der Waals surface area contributed by atoms with Gasteiger partial charge in [0.05, 0.1) is 5.69 Å². The molecule has 6 nitrogen and oxygen atoms in total. The number of aromatic amines is 1. The highest BCUT2D eigenvalue weighted by Crippen LogP contribution is 2.20. The lowest BCUT2D eigenvalue weighted by Gasteiger charge is -2.05. The third-order valence-electron chi connectivity index (χ3n) is 2.71. The second kappa shape index (κ2) is 5.40. The largest absolute Gasteiger partial charge is 0.483 e. The molecular formula is C14H13N5O. The van der Waals surface area contributed by atoms with Crippen LogP contribution in [0.2, 0.25) is 0 Å². The Morgan fingerprint density at radius 2 is 1.95 bits per heavy atom. The molecule has 1 aromatic carbocycles. The average molecular weight is 267 g/mol. The molecule has 0 aliphatic heterocycles. The number of hydrogen-bond donors (Lipinski definition) is 2. The van der Waals surface area contributed by atoms with Gasteiger partial charge < -0.3 is 10.5 Å². The zero-order valence-electron chi connectivity index (χ0n) is 10.7. The van der Waals surface area contributed by atoms with Crippen LogP contribution in [0.1, 0.15) is 5.82 Å². The summed E-state index contributed by atoms with van der Waals surface area (Å²) in [5, 5.41) is 6.94. The maximum atomic E-state index is 5.80. The van der Waals surface area contributed by atoms with Crippen molar-refractivity contribution in [3.05, 3.63) is 54.5 Å². The molecule has 0 atom stereocenters. The van der Waals surface area contributed by atoms with Gasteiger partial charge in [-0.15, -0.1) is 0 Å². The van der Waals surface area contributed by atoms with Crippen molar-refractivity contribution in [2.45, 2.75) is 6.61 Å². The van der Waals surface area contributed by atoms with E-state index < -0.39 is 0 Å². The summed E-state index contributed by atoms with van der Waals surface area (Å²) in [6.45, 7) is 0.272. The van der Waals surface area contributed by atoms with Crippen LogP contribution in [-0.4, -0.2) is 20.2 Å². The Kier molecular flexibility index (Phi) is 3.28. The van der Waals surface area contributed by atoms with Crippen LogP contribution in [0.4, 0.5) is 5.69 Å². The molecule has 0 spiro atoms. The van der Waals surface area contributed by atoms with E-state index in [1.165, 1.54) is 0 Å². The number of aromatic nitrogens is 4. The van der Waals surface area contributed by atoms with Crippen LogP contribution in [0.5, 0.6) is 5.75 Å². The first-order valence-electron chi connectivity index (χ1n) is 6.13. The maximum Gasteiger partial charge on any atom is 0.199 e. The molecule has 0 aliphatic carbocycles. The number of nitrogens with one attached hydrogen (secondary N) is 1. The molecule has 2 aromatic heterocycles. The quantitative estimate of drug-likeness (QED) is 0.706. The summed E-state index contributed by atoms with van der Waals surface area (Å²) in [6.07, 6.45) is 1.70. The first-order valence-corrected chi connectivity index (χ1v) is 6.13. The van der Waals surface area contributed by atoms with Gasteiger partial charge in [0.25, 0.3) is 0 Å². The van der Waals surface area contributed by atoms with Gasteiger partial charge in [0, 0.05) is 6.20 Å². The highest BCUT2D eigenvalue weighted by molar-refractivity contribution is 5.52. The number of nitrogens with zero attached hydrogens (tertiary/aromatic N) is 3. The van der Waals surface area contributed by atoms with Gasteiger partial charge in [-0.3, -0.25) is 10.1 Å². The van der Waals surface area contributed by atoms with Crippen molar-refractivity contribution in [1.29, 1.82) is 0 Å². The van der Waals surface area contributed by atoms with Gasteiger partial charge in [-0.05, 0) is 24.3 Å². The number of anilines is 1. The Bertz CT molecular complexity index is 696. The van der Waals surface area contributed by atoms with Crippen molar-refractivity contribution in [2.75, 3.05) is 5.73 Å². The number of ether oxygens (including phenoxy) is 1. The standard InChI is InChI=1S/C14H13N5O/c15-10-5-1-2-7-12(10)20-9-13-17-14(19-18-13)11-6-3-4-8-16-11/h1-8H,9,15H2,(H,17,18,19). The topological polar surface area (TPSA) is 89.7 Å². The monoisotopic (exact) mass is 267 g/mol. The molecule has 100 valence electrons. The minimum Gasteiger partial charge on any atom is -0.483 e. The second-order valence-electron chi connectivity index (χ2n) is 4.15. The molecule has 20 heavy (non-hydrogen) atoms. The Labute approximate surface area is 115 Å². The summed E-state index contributed by atoms with van der Waals surface area (Å²) < 4.78 is 5.59. The lowest BCUT2D eigenvalue weighted by molar-refractivity contribution is 0.298. The highest BCUT2D eigenvalue weighted by atomic mass is 16.5. The third-order valence-corrected chi connectivity index (χ3v) is 2.71. The number of benzene rings is 1. The number of pyridine rings is 1. The SMILES string of the molecule is Nc1ccccc1OCc1nc(-c2ccccn2)n[nH]1. The summed E-state index contributed by atoms with van der Waals surface area (Å²) in [5.41, 5.74) is 7.11. The highest BCUT2D eigenvalue weighted by Gasteiger charge is 2.07. The van der Waals surface area contributed by atoms with E-state index in [2.05, 4.69) is 20.2 Å². The number of rotatable bonds is 4. The van der Waals surface area contributed by atoms with Gasteiger partial charge in [0.2, 0.25) is 0 Å². The molecule has 6 heteroatoms. The molecule has 0 amide bonds. The fourth-order valence-corrected chi connectivity index (χ4v) is 1.73. The number of nitrogen functional groups attached to an aromatic ring is 1. The first kappa shape index (κ1) is 12.2. The van der Waals surface area contributed by atoms with Crippen LogP contribution in [0, 0.1) is 0 Å². The van der Waals surface area contributed by atoms with Crippen molar-refractivity contribution < 1.29 is 4.74 Å². The Morgan fingerprint density at radius 3 is 2.75 bits per heavy atom. The lowest BCUT2D eigenvalue weighted by atomic mass is 10.3. The van der Waals surface area contributed by atoms with E-state index in [1.807, 2.05) is 36.4 Å². The van der Waals surface area contributed by atoms with Crippen LogP contribution in [0.25, 0.3) is 11.5 Å². The molecule has 0 bridgehead atoms. The van der Waals surface area contributed by atoms with Gasteiger partial charge in [0.1, 0.15) is 18.1 Å². The van der Waals surface area contributed by atoms with Crippen molar-refractivity contribution in [3.63, 3.8) is 0 Å². The van der Waals surface area contributed by atoms with Crippen LogP contribution >= 0.6 is 0 Å². The molecule has 0 unspecified atom stereocenters. The summed E-state index contributed by atoms with van der Waals surface area (Å²) in [5.74, 6) is 1.79. The first-order chi connectivity index (χ1) is 9.83. The van der Waals surface area contributed by atoms with Crippen LogP contribution < -0.4 is 10.5 Å². The lowest BCUT2D eigenvalue weighted by Crippen LogP contribution is -2.00. The normalized spacial score (nSPS) is 10.4. The predicted molar refractivity (Wildman–Crippen MR) is 74.8 cm³/mol. The number of hydrogen-bond acceptors (Lipinski definition) is 5. The molecule has 0 aliphatic rings. The van der Waals surface area contributed by atoms with E-state index in [-0.39, 0.29) is 6.61 Å². The Balaban J connectivity index is 1.71. The predicted octanol–water partition coefficient (Wildman–Crippen LogP) is 2.03. The summed E-state index contributed by atoms with van der Waals surface area (Å²) in [7, 11) is 0. The van der Waals surface area contributed by atoms with Crippen molar-refractivity contribution in [2.24, 2.45) is 0 Å². The molecule has 0 saturated carbocycles. The molecule has 3 aromatic rings. The average Bonchev–Trinajstić information content (AvgIpc) is 2.96. The van der Waals surface area contributed by atoms with Crippen LogP contribution in [0.3, 0.4) is 0 Å². The molecule has 0 fully saturated rings. The van der Waals surface area contributed by atoms with E-state index >= 15 is 0 Å². The minimum absolute atomic E-state index is 0.272. The van der Waals surface area contributed by atoms with Crippen LogP contribution in [0.15, 0.2) is 48.7 Å². The molecule has 0 radical (unpaired) electrons. The second-order valence-corrected chi connectivity index (χ2v) is 4.15. The molecule has 3 rings (SSSR count). The third kappa shape index (κ3) is 2.59. The van der Waals surface area contributed by atoms with E-state index in [1.54, 1.807) is 12.3 Å². The summed E-state index contributed by atoms with van der Waals surface area (Å²) >= 11 is 0. The van der Waals surface area contributed by atoms with Crippen molar-refractivity contribution in [3.8, 4) is 17.3 Å². The van der Waals surface area contributed by atoms with Crippen molar-refractivity contribution >= 4 is 5.69 Å². The molecular weight excluding hydrogens is 254 g/mol. The van der Waals surface area contributed by atoms with Gasteiger partial charge in [-0.2, -0.15) is 5.10 Å². The van der Waals surface area contributed by atoms with Crippen molar-refractivity contribution in [1.82, 2.24) is 20.2 Å². The summed E-state index contributed by atoms with van der Waals surface area (Å²) in [4.78, 5) is 8.52. The smallest absolute Gasteiger partial charge is 0.199 e. The maximum absolute atomic E-state index is 5.80. The van der Waals surface area contributed by atoms with Gasteiger partial charge in [-0.25, -0.2) is 4.98 Å². The van der Waals surface area contributed by atoms with Gasteiger partial charge in [-0.1, -0.05) is 18.2 Å². The molecule has 0 saturated heterocycles. The van der Waals surface area contributed by atoms with Crippen LogP contribution in [-0.2, 0) is 6.61 Å². The minimum atomic E-state index is 0.272. The van der Waals surface area contributed by atoms with E-state index in [0.717, 1.165) is 0 Å². The fourth-order valence-electron chi connectivity index (χ4n) is 1.73. The van der Waals surface area contributed by atoms with Gasteiger partial charge >= 0.3 is 0 Å².